The van der Waals surface area contributed by atoms with E-state index < -0.39 is 5.92 Å². The van der Waals surface area contributed by atoms with Gasteiger partial charge in [0.05, 0.1) is 0 Å². The highest BCUT2D eigenvalue weighted by Crippen LogP contribution is 2.34. The molecule has 0 amide bonds. The van der Waals surface area contributed by atoms with Crippen LogP contribution >= 0.6 is 0 Å². The van der Waals surface area contributed by atoms with E-state index in [1.165, 1.54) is 6.42 Å². The summed E-state index contributed by atoms with van der Waals surface area (Å²) >= 11 is 0. The molecule has 1 fully saturated rings. The molecule has 12 heavy (non-hydrogen) atoms. The second-order valence-corrected chi connectivity index (χ2v) is 3.92. The Balaban J connectivity index is 2.28. The van der Waals surface area contributed by atoms with Gasteiger partial charge in [-0.25, -0.2) is 8.78 Å². The number of halogens is 2. The summed E-state index contributed by atoms with van der Waals surface area (Å²) in [6, 6.07) is 0. The molecule has 1 saturated carbocycles. The maximum absolute atomic E-state index is 12.9. The molecule has 0 saturated heterocycles. The maximum atomic E-state index is 12.9. The standard InChI is InChI=1S/C10H18F2/c1-2-10(11,12)8-9-6-4-3-5-7-9/h9H,2-8H2,1H3. The van der Waals surface area contributed by atoms with Crippen molar-refractivity contribution >= 4 is 0 Å². The molecule has 0 radical (unpaired) electrons. The second-order valence-electron chi connectivity index (χ2n) is 3.92. The molecule has 1 rings (SSSR count). The lowest BCUT2D eigenvalue weighted by Crippen LogP contribution is -2.21. The van der Waals surface area contributed by atoms with Crippen LogP contribution in [0.5, 0.6) is 0 Å². The van der Waals surface area contributed by atoms with Crippen LogP contribution < -0.4 is 0 Å². The van der Waals surface area contributed by atoms with E-state index in [1.807, 2.05) is 0 Å². The van der Waals surface area contributed by atoms with Gasteiger partial charge in [0.25, 0.3) is 0 Å². The van der Waals surface area contributed by atoms with Gasteiger partial charge in [-0.15, -0.1) is 0 Å². The summed E-state index contributed by atoms with van der Waals surface area (Å²) in [4.78, 5) is 0. The van der Waals surface area contributed by atoms with Gasteiger partial charge < -0.3 is 0 Å². The van der Waals surface area contributed by atoms with Gasteiger partial charge in [-0.2, -0.15) is 0 Å². The SMILES string of the molecule is CCC(F)(F)CC1CCCCC1. The molecule has 0 aromatic heterocycles. The fraction of sp³-hybridized carbons (Fsp3) is 1.00. The average Bonchev–Trinajstić information content (AvgIpc) is 2.06. The molecule has 0 aromatic carbocycles. The van der Waals surface area contributed by atoms with Crippen LogP contribution in [0.15, 0.2) is 0 Å². The van der Waals surface area contributed by atoms with E-state index >= 15 is 0 Å². The summed E-state index contributed by atoms with van der Waals surface area (Å²) in [5.41, 5.74) is 0. The molecular weight excluding hydrogens is 158 g/mol. The van der Waals surface area contributed by atoms with Crippen molar-refractivity contribution in [2.45, 2.75) is 57.8 Å². The summed E-state index contributed by atoms with van der Waals surface area (Å²) in [6.45, 7) is 1.57. The third-order valence-corrected chi connectivity index (χ3v) is 2.83. The molecule has 0 nitrogen and oxygen atoms in total. The summed E-state index contributed by atoms with van der Waals surface area (Å²) in [6.07, 6.45) is 5.74. The second kappa shape index (κ2) is 4.20. The fourth-order valence-electron chi connectivity index (χ4n) is 1.96. The quantitative estimate of drug-likeness (QED) is 0.609. The normalized spacial score (nSPS) is 21.2. The summed E-state index contributed by atoms with van der Waals surface area (Å²) in [5.74, 6) is -2.10. The van der Waals surface area contributed by atoms with Crippen molar-refractivity contribution in [3.05, 3.63) is 0 Å². The molecule has 0 unspecified atom stereocenters. The molecule has 0 aromatic rings. The van der Waals surface area contributed by atoms with E-state index in [-0.39, 0.29) is 12.8 Å². The Morgan fingerprint density at radius 1 is 1.17 bits per heavy atom. The van der Waals surface area contributed by atoms with Crippen molar-refractivity contribution < 1.29 is 8.78 Å². The van der Waals surface area contributed by atoms with Gasteiger partial charge >= 0.3 is 0 Å². The molecular formula is C10H18F2. The van der Waals surface area contributed by atoms with Crippen molar-refractivity contribution in [3.8, 4) is 0 Å². The Morgan fingerprint density at radius 2 is 1.75 bits per heavy atom. The van der Waals surface area contributed by atoms with Crippen LogP contribution in [0, 0.1) is 5.92 Å². The van der Waals surface area contributed by atoms with Gasteiger partial charge in [-0.05, 0) is 5.92 Å². The third kappa shape index (κ3) is 3.08. The lowest BCUT2D eigenvalue weighted by molar-refractivity contribution is -0.0307. The van der Waals surface area contributed by atoms with E-state index in [4.69, 9.17) is 0 Å². The van der Waals surface area contributed by atoms with Crippen LogP contribution in [-0.2, 0) is 0 Å². The molecule has 2 heteroatoms. The minimum Gasteiger partial charge on any atom is -0.207 e. The molecule has 0 heterocycles. The summed E-state index contributed by atoms with van der Waals surface area (Å²) in [5, 5.41) is 0. The van der Waals surface area contributed by atoms with Crippen LogP contribution in [0.2, 0.25) is 0 Å². The highest BCUT2D eigenvalue weighted by molar-refractivity contribution is 4.73. The highest BCUT2D eigenvalue weighted by atomic mass is 19.3. The Labute approximate surface area is 73.3 Å². The van der Waals surface area contributed by atoms with Crippen molar-refractivity contribution in [2.24, 2.45) is 5.92 Å². The number of rotatable bonds is 3. The Hall–Kier alpha value is -0.140. The summed E-state index contributed by atoms with van der Waals surface area (Å²) in [7, 11) is 0. The van der Waals surface area contributed by atoms with Gasteiger partial charge in [0.1, 0.15) is 0 Å². The van der Waals surface area contributed by atoms with Gasteiger partial charge in [-0.1, -0.05) is 39.0 Å². The predicted molar refractivity (Wildman–Crippen MR) is 46.4 cm³/mol. The van der Waals surface area contributed by atoms with E-state index in [0.29, 0.717) is 5.92 Å². The van der Waals surface area contributed by atoms with Crippen molar-refractivity contribution in [1.29, 1.82) is 0 Å². The average molecular weight is 176 g/mol. The van der Waals surface area contributed by atoms with Crippen LogP contribution in [0.4, 0.5) is 8.78 Å². The van der Waals surface area contributed by atoms with Crippen molar-refractivity contribution in [1.82, 2.24) is 0 Å². The van der Waals surface area contributed by atoms with E-state index in [9.17, 15) is 8.78 Å². The van der Waals surface area contributed by atoms with Crippen LogP contribution in [0.1, 0.15) is 51.9 Å². The summed E-state index contributed by atoms with van der Waals surface area (Å²) < 4.78 is 25.9. The molecule has 0 aliphatic heterocycles. The van der Waals surface area contributed by atoms with Crippen LogP contribution in [0.3, 0.4) is 0 Å². The Bertz CT molecular complexity index is 126. The van der Waals surface area contributed by atoms with Crippen LogP contribution in [-0.4, -0.2) is 5.92 Å². The van der Waals surface area contributed by atoms with Crippen molar-refractivity contribution in [2.75, 3.05) is 0 Å². The first-order valence-electron chi connectivity index (χ1n) is 5.02. The molecule has 0 N–H and O–H groups in total. The molecule has 0 bridgehead atoms. The molecule has 72 valence electrons. The Morgan fingerprint density at radius 3 is 2.25 bits per heavy atom. The predicted octanol–water partition coefficient (Wildman–Crippen LogP) is 4.00. The first-order chi connectivity index (χ1) is 5.64. The lowest BCUT2D eigenvalue weighted by atomic mass is 9.85. The van der Waals surface area contributed by atoms with Gasteiger partial charge in [-0.3, -0.25) is 0 Å². The lowest BCUT2D eigenvalue weighted by Gasteiger charge is -2.25. The monoisotopic (exact) mass is 176 g/mol. The highest BCUT2D eigenvalue weighted by Gasteiger charge is 2.30. The zero-order chi connectivity index (χ0) is 9.03. The topological polar surface area (TPSA) is 0 Å². The first-order valence-corrected chi connectivity index (χ1v) is 5.02. The molecule has 1 aliphatic carbocycles. The van der Waals surface area contributed by atoms with Gasteiger partial charge in [0.2, 0.25) is 5.92 Å². The third-order valence-electron chi connectivity index (χ3n) is 2.83. The maximum Gasteiger partial charge on any atom is 0.248 e. The fourth-order valence-corrected chi connectivity index (χ4v) is 1.96. The molecule has 0 spiro atoms. The smallest absolute Gasteiger partial charge is 0.207 e. The number of hydrogen-bond donors (Lipinski definition) is 0. The minimum atomic E-state index is -2.40. The van der Waals surface area contributed by atoms with E-state index in [2.05, 4.69) is 0 Å². The van der Waals surface area contributed by atoms with Gasteiger partial charge in [0.15, 0.2) is 0 Å². The molecule has 1 aliphatic rings. The minimum absolute atomic E-state index is 0.00347. The largest absolute Gasteiger partial charge is 0.248 e. The zero-order valence-electron chi connectivity index (χ0n) is 7.78. The van der Waals surface area contributed by atoms with E-state index in [0.717, 1.165) is 25.7 Å². The van der Waals surface area contributed by atoms with Crippen LogP contribution in [0.25, 0.3) is 0 Å². The first kappa shape index (κ1) is 9.94. The number of hydrogen-bond acceptors (Lipinski definition) is 0. The van der Waals surface area contributed by atoms with E-state index in [1.54, 1.807) is 6.92 Å². The van der Waals surface area contributed by atoms with Gasteiger partial charge in [0, 0.05) is 12.8 Å². The number of alkyl halides is 2. The van der Waals surface area contributed by atoms with Crippen molar-refractivity contribution in [3.63, 3.8) is 0 Å². The zero-order valence-corrected chi connectivity index (χ0v) is 7.78. The molecule has 0 atom stereocenters. The Kier molecular flexibility index (Phi) is 3.48.